The number of aryl methyl sites for hydroxylation is 1. The molecular weight excluding hydrogens is 350 g/mol. The van der Waals surface area contributed by atoms with E-state index in [4.69, 9.17) is 0 Å². The smallest absolute Gasteiger partial charge is 0.211 e. The summed E-state index contributed by atoms with van der Waals surface area (Å²) in [7, 11) is -3.05. The second kappa shape index (κ2) is 7.25. The largest absolute Gasteiger partial charge is 0.213 e. The standard InChI is InChI=1S/C16H24BrNO2S/c1-13-6-3-4-8-16(13)15(11-17)10-14-7-5-9-18(12-14)21(2,19)20/h3-4,6,8,14-15H,5,7,9-12H2,1-2H3. The van der Waals surface area contributed by atoms with E-state index in [0.717, 1.165) is 24.6 Å². The number of sulfonamides is 1. The molecule has 0 saturated carbocycles. The fourth-order valence-electron chi connectivity index (χ4n) is 3.24. The molecule has 2 unspecified atom stereocenters. The summed E-state index contributed by atoms with van der Waals surface area (Å²) >= 11 is 3.64. The van der Waals surface area contributed by atoms with Crippen LogP contribution in [0.15, 0.2) is 24.3 Å². The number of benzene rings is 1. The van der Waals surface area contributed by atoms with Gasteiger partial charge in [0.2, 0.25) is 10.0 Å². The predicted octanol–water partition coefficient (Wildman–Crippen LogP) is 3.54. The number of hydrogen-bond donors (Lipinski definition) is 0. The van der Waals surface area contributed by atoms with E-state index in [1.807, 2.05) is 0 Å². The lowest BCUT2D eigenvalue weighted by Gasteiger charge is -2.33. The third-order valence-electron chi connectivity index (χ3n) is 4.38. The Morgan fingerprint density at radius 1 is 1.38 bits per heavy atom. The van der Waals surface area contributed by atoms with Crippen LogP contribution in [0.4, 0.5) is 0 Å². The Bertz CT molecular complexity index is 573. The van der Waals surface area contributed by atoms with Crippen molar-refractivity contribution in [2.24, 2.45) is 5.92 Å². The molecule has 2 atom stereocenters. The first-order valence-electron chi connectivity index (χ1n) is 7.48. The van der Waals surface area contributed by atoms with Crippen molar-refractivity contribution in [3.8, 4) is 0 Å². The van der Waals surface area contributed by atoms with Crippen molar-refractivity contribution in [1.82, 2.24) is 4.31 Å². The summed E-state index contributed by atoms with van der Waals surface area (Å²) in [5, 5.41) is 0.924. The van der Waals surface area contributed by atoms with E-state index in [0.29, 0.717) is 24.9 Å². The highest BCUT2D eigenvalue weighted by atomic mass is 79.9. The van der Waals surface area contributed by atoms with Crippen molar-refractivity contribution < 1.29 is 8.42 Å². The van der Waals surface area contributed by atoms with Gasteiger partial charge in [0.25, 0.3) is 0 Å². The van der Waals surface area contributed by atoms with E-state index in [1.165, 1.54) is 17.4 Å². The van der Waals surface area contributed by atoms with E-state index in [-0.39, 0.29) is 0 Å². The Hall–Kier alpha value is -0.390. The molecule has 0 bridgehead atoms. The molecule has 21 heavy (non-hydrogen) atoms. The van der Waals surface area contributed by atoms with Crippen LogP contribution in [0.1, 0.15) is 36.3 Å². The normalized spacial score (nSPS) is 22.1. The molecule has 0 aliphatic carbocycles. The topological polar surface area (TPSA) is 37.4 Å². The van der Waals surface area contributed by atoms with Crippen LogP contribution in [0.25, 0.3) is 0 Å². The number of hydrogen-bond acceptors (Lipinski definition) is 2. The average molecular weight is 374 g/mol. The Morgan fingerprint density at radius 3 is 2.71 bits per heavy atom. The Labute approximate surface area is 136 Å². The molecule has 0 amide bonds. The lowest BCUT2D eigenvalue weighted by Crippen LogP contribution is -2.39. The van der Waals surface area contributed by atoms with Gasteiger partial charge in [-0.2, -0.15) is 0 Å². The summed E-state index contributed by atoms with van der Waals surface area (Å²) in [6.07, 6.45) is 4.46. The average Bonchev–Trinajstić information content (AvgIpc) is 2.45. The van der Waals surface area contributed by atoms with Gasteiger partial charge in [-0.1, -0.05) is 40.2 Å². The van der Waals surface area contributed by atoms with Crippen LogP contribution in [0.5, 0.6) is 0 Å². The third kappa shape index (κ3) is 4.54. The summed E-state index contributed by atoms with van der Waals surface area (Å²) in [4.78, 5) is 0. The zero-order chi connectivity index (χ0) is 15.5. The summed E-state index contributed by atoms with van der Waals surface area (Å²) in [6, 6.07) is 8.49. The fourth-order valence-corrected chi connectivity index (χ4v) is 4.80. The molecule has 1 aliphatic heterocycles. The minimum Gasteiger partial charge on any atom is -0.213 e. The summed E-state index contributed by atoms with van der Waals surface area (Å²) in [5.74, 6) is 0.909. The second-order valence-electron chi connectivity index (χ2n) is 6.07. The van der Waals surface area contributed by atoms with Crippen molar-refractivity contribution >= 4 is 26.0 Å². The van der Waals surface area contributed by atoms with Gasteiger partial charge in [-0.3, -0.25) is 0 Å². The van der Waals surface area contributed by atoms with Gasteiger partial charge in [-0.25, -0.2) is 12.7 Å². The van der Waals surface area contributed by atoms with Gasteiger partial charge in [0.15, 0.2) is 0 Å². The minimum absolute atomic E-state index is 0.454. The van der Waals surface area contributed by atoms with E-state index < -0.39 is 10.0 Å². The van der Waals surface area contributed by atoms with Gasteiger partial charge in [0.05, 0.1) is 6.26 Å². The first-order valence-corrected chi connectivity index (χ1v) is 10.5. The van der Waals surface area contributed by atoms with Crippen molar-refractivity contribution in [3.63, 3.8) is 0 Å². The summed E-state index contributed by atoms with van der Waals surface area (Å²) in [5.41, 5.74) is 2.70. The zero-order valence-corrected chi connectivity index (χ0v) is 15.2. The Balaban J connectivity index is 2.07. The molecule has 1 fully saturated rings. The predicted molar refractivity (Wildman–Crippen MR) is 91.5 cm³/mol. The second-order valence-corrected chi connectivity index (χ2v) is 8.70. The highest BCUT2D eigenvalue weighted by molar-refractivity contribution is 9.09. The van der Waals surface area contributed by atoms with Crippen LogP contribution in [0, 0.1) is 12.8 Å². The molecule has 1 aliphatic rings. The summed E-state index contributed by atoms with van der Waals surface area (Å²) < 4.78 is 25.1. The van der Waals surface area contributed by atoms with Crippen LogP contribution in [-0.2, 0) is 10.0 Å². The van der Waals surface area contributed by atoms with Crippen LogP contribution in [-0.4, -0.2) is 37.4 Å². The lowest BCUT2D eigenvalue weighted by atomic mass is 9.85. The number of nitrogens with zero attached hydrogens (tertiary/aromatic N) is 1. The minimum atomic E-state index is -3.05. The SMILES string of the molecule is Cc1ccccc1C(CBr)CC1CCCN(S(C)(=O)=O)C1. The van der Waals surface area contributed by atoms with Crippen LogP contribution < -0.4 is 0 Å². The fraction of sp³-hybridized carbons (Fsp3) is 0.625. The highest BCUT2D eigenvalue weighted by Gasteiger charge is 2.28. The van der Waals surface area contributed by atoms with E-state index in [2.05, 4.69) is 47.1 Å². The van der Waals surface area contributed by atoms with E-state index in [1.54, 1.807) is 4.31 Å². The molecule has 0 radical (unpaired) electrons. The van der Waals surface area contributed by atoms with Crippen LogP contribution in [0.2, 0.25) is 0 Å². The number of halogens is 1. The zero-order valence-electron chi connectivity index (χ0n) is 12.8. The monoisotopic (exact) mass is 373 g/mol. The Kier molecular flexibility index (Phi) is 5.86. The quantitative estimate of drug-likeness (QED) is 0.740. The van der Waals surface area contributed by atoms with Crippen molar-refractivity contribution in [3.05, 3.63) is 35.4 Å². The van der Waals surface area contributed by atoms with E-state index in [9.17, 15) is 8.42 Å². The molecule has 1 aromatic carbocycles. The molecule has 1 saturated heterocycles. The number of alkyl halides is 1. The van der Waals surface area contributed by atoms with Gasteiger partial charge < -0.3 is 0 Å². The molecule has 0 N–H and O–H groups in total. The lowest BCUT2D eigenvalue weighted by molar-refractivity contribution is 0.249. The van der Waals surface area contributed by atoms with Crippen molar-refractivity contribution in [2.75, 3.05) is 24.7 Å². The molecule has 1 heterocycles. The van der Waals surface area contributed by atoms with Crippen LogP contribution >= 0.6 is 15.9 Å². The molecule has 3 nitrogen and oxygen atoms in total. The maximum absolute atomic E-state index is 11.7. The van der Waals surface area contributed by atoms with Gasteiger partial charge >= 0.3 is 0 Å². The maximum Gasteiger partial charge on any atom is 0.211 e. The van der Waals surface area contributed by atoms with Gasteiger partial charge in [0.1, 0.15) is 0 Å². The van der Waals surface area contributed by atoms with Gasteiger partial charge in [-0.05, 0) is 49.1 Å². The Morgan fingerprint density at radius 2 is 2.10 bits per heavy atom. The van der Waals surface area contributed by atoms with E-state index >= 15 is 0 Å². The van der Waals surface area contributed by atoms with Crippen LogP contribution in [0.3, 0.4) is 0 Å². The first-order chi connectivity index (χ1) is 9.91. The molecular formula is C16H24BrNO2S. The first kappa shape index (κ1) is 17.0. The highest BCUT2D eigenvalue weighted by Crippen LogP contribution is 2.32. The molecule has 0 spiro atoms. The third-order valence-corrected chi connectivity index (χ3v) is 6.43. The van der Waals surface area contributed by atoms with Crippen molar-refractivity contribution in [1.29, 1.82) is 0 Å². The molecule has 5 heteroatoms. The molecule has 0 aromatic heterocycles. The number of piperidine rings is 1. The maximum atomic E-state index is 11.7. The van der Waals surface area contributed by atoms with Gasteiger partial charge in [0, 0.05) is 18.4 Å². The molecule has 118 valence electrons. The van der Waals surface area contributed by atoms with Gasteiger partial charge in [-0.15, -0.1) is 0 Å². The molecule has 1 aromatic rings. The van der Waals surface area contributed by atoms with Crippen molar-refractivity contribution in [2.45, 2.75) is 32.1 Å². The number of rotatable bonds is 5. The molecule has 2 rings (SSSR count). The summed E-state index contributed by atoms with van der Waals surface area (Å²) in [6.45, 7) is 3.50.